The number of carboxylic acid groups (broad SMARTS) is 6. The average molecular weight is 1470 g/mol. The van der Waals surface area contributed by atoms with E-state index in [-0.39, 0.29) is 71.3 Å². The van der Waals surface area contributed by atoms with Crippen LogP contribution in [0.25, 0.3) is 33.4 Å². The Morgan fingerprint density at radius 3 is 1.74 bits per heavy atom. The summed E-state index contributed by atoms with van der Waals surface area (Å²) >= 11 is 0.555. The number of imide groups is 1. The number of aromatic carboxylic acids is 1. The van der Waals surface area contributed by atoms with Gasteiger partial charge in [-0.3, -0.25) is 52.7 Å². The number of hydrogen-bond donors (Lipinski definition) is 16. The summed E-state index contributed by atoms with van der Waals surface area (Å²) in [6.07, 6.45) is -4.42. The molecule has 0 saturated carbocycles. The van der Waals surface area contributed by atoms with E-state index in [0.717, 1.165) is 42.5 Å². The first-order valence-electron chi connectivity index (χ1n) is 31.5. The van der Waals surface area contributed by atoms with Gasteiger partial charge in [0.25, 0.3) is 0 Å². The van der Waals surface area contributed by atoms with E-state index >= 15 is 0 Å². The molecule has 0 bridgehead atoms. The number of benzene rings is 5. The van der Waals surface area contributed by atoms with Gasteiger partial charge in [-0.2, -0.15) is 0 Å². The predicted molar refractivity (Wildman–Crippen MR) is 358 cm³/mol. The topological polar surface area (TPSA) is 553 Å². The van der Waals surface area contributed by atoms with Crippen LogP contribution in [0.15, 0.2) is 112 Å². The molecular weight excluding hydrogens is 1400 g/mol. The van der Waals surface area contributed by atoms with Crippen LogP contribution < -0.4 is 58.6 Å². The number of rotatable bonds is 37. The lowest BCUT2D eigenvalue weighted by molar-refractivity contribution is -0.143. The van der Waals surface area contributed by atoms with Gasteiger partial charge in [-0.05, 0) is 60.2 Å². The van der Waals surface area contributed by atoms with Crippen molar-refractivity contribution in [1.29, 1.82) is 0 Å². The number of amides is 10. The molecule has 0 aromatic heterocycles. The Bertz CT molecular complexity index is 4360. The fraction of sp³-hybridized carbons (Fsp3) is 0.313. The number of aromatic hydroxyl groups is 1. The molecule has 17 N–H and O–H groups in total. The monoisotopic (exact) mass is 1470 g/mol. The van der Waals surface area contributed by atoms with Crippen LogP contribution in [0.5, 0.6) is 5.75 Å². The number of carbonyl (C=O) groups is 15. The van der Waals surface area contributed by atoms with Gasteiger partial charge in [0, 0.05) is 86.0 Å². The number of thioether (sulfide) groups is 1. The normalized spacial score (nSPS) is 14.6. The number of carboxylic acids is 6. The van der Waals surface area contributed by atoms with Gasteiger partial charge < -0.3 is 88.4 Å². The van der Waals surface area contributed by atoms with Gasteiger partial charge >= 0.3 is 41.8 Å². The van der Waals surface area contributed by atoms with E-state index in [4.69, 9.17) is 15.3 Å². The van der Waals surface area contributed by atoms with Gasteiger partial charge in [-0.15, -0.1) is 11.8 Å². The first kappa shape index (κ1) is 78.9. The highest BCUT2D eigenvalue weighted by Gasteiger charge is 2.42. The van der Waals surface area contributed by atoms with Crippen molar-refractivity contribution in [2.24, 2.45) is 5.73 Å². The molecule has 34 nitrogen and oxygen atoms in total. The van der Waals surface area contributed by atoms with E-state index in [0.29, 0.717) is 27.8 Å². The van der Waals surface area contributed by atoms with E-state index in [1.54, 1.807) is 60.7 Å². The van der Waals surface area contributed by atoms with Crippen molar-refractivity contribution in [1.82, 2.24) is 42.5 Å². The molecule has 1 aliphatic carbocycles. The van der Waals surface area contributed by atoms with Crippen LogP contribution >= 0.6 is 11.8 Å². The van der Waals surface area contributed by atoms with Gasteiger partial charge in [0.05, 0.1) is 22.9 Å². The highest BCUT2D eigenvalue weighted by atomic mass is 32.2. The minimum Gasteiger partial charge on any atom is -0.505 e. The van der Waals surface area contributed by atoms with Gasteiger partial charge in [-0.25, -0.2) is 37.7 Å². The Morgan fingerprint density at radius 2 is 1.15 bits per heavy atom. The quantitative estimate of drug-likeness (QED) is 0.0146. The smallest absolute Gasteiger partial charge is 0.336 e. The number of hydrogen-bond acceptors (Lipinski definition) is 20. The van der Waals surface area contributed by atoms with Gasteiger partial charge in [0.2, 0.25) is 52.7 Å². The lowest BCUT2D eigenvalue weighted by Gasteiger charge is -2.25. The lowest BCUT2D eigenvalue weighted by Crippen LogP contribution is -2.58. The number of nitrogens with two attached hydrogens (primary N) is 1. The molecule has 104 heavy (non-hydrogen) atoms. The van der Waals surface area contributed by atoms with Crippen molar-refractivity contribution in [3.63, 3.8) is 0 Å². The maximum atomic E-state index is 14.9. The minimum atomic E-state index is -2.04. The third kappa shape index (κ3) is 21.8. The molecule has 1 saturated heterocycles. The van der Waals surface area contributed by atoms with Crippen molar-refractivity contribution in [2.75, 3.05) is 23.7 Å². The molecule has 1 fully saturated rings. The lowest BCUT2D eigenvalue weighted by atomic mass is 9.90. The van der Waals surface area contributed by atoms with Crippen LogP contribution in [0.4, 0.5) is 19.3 Å². The maximum Gasteiger partial charge on any atom is 0.336 e. The zero-order chi connectivity index (χ0) is 76.2. The Balaban J connectivity index is 0.945. The molecule has 4 aromatic carbocycles. The number of anilines is 1. The Kier molecular flexibility index (Phi) is 27.5. The molecule has 4 aromatic rings. The fourth-order valence-corrected chi connectivity index (χ4v) is 11.8. The van der Waals surface area contributed by atoms with Crippen LogP contribution in [0, 0.1) is 11.6 Å². The Labute approximate surface area is 589 Å². The second-order valence-electron chi connectivity index (χ2n) is 23.5. The van der Waals surface area contributed by atoms with Crippen LogP contribution in [-0.4, -0.2) is 191 Å². The van der Waals surface area contributed by atoms with Crippen molar-refractivity contribution in [3.05, 3.63) is 142 Å². The SMILES string of the molecule is N[C@@H](CNC(=O)[C@H](Cc1ccccc1)NC(=O)[C@H](Cc1ccccc1)NC(=O)CCCNC(=O)CC[C@H](NC(=O)N[C@@H](CCC(=O)O)C(=O)O)C(=O)O)C(=O)N[C@@H](CC(=O)O)C(=O)N[C@@H](CSC1CC(=O)N(c2ccc(-c3c4cc(F)c(=O)cc-4oc4cc(O)c(F)cc34)c(C(=O)O)c2)C1=O)C(=O)O. The minimum absolute atomic E-state index is 0.0196. The molecule has 2 heterocycles. The molecule has 37 heteroatoms. The van der Waals surface area contributed by atoms with Crippen molar-refractivity contribution in [2.45, 2.75) is 112 Å². The van der Waals surface area contributed by atoms with Crippen molar-refractivity contribution in [3.8, 4) is 28.2 Å². The summed E-state index contributed by atoms with van der Waals surface area (Å²) in [5.74, 6) is -21.6. The fourth-order valence-electron chi connectivity index (χ4n) is 10.6. The third-order valence-corrected chi connectivity index (χ3v) is 17.2. The number of halogens is 2. The number of carbonyl (C=O) groups excluding carboxylic acids is 9. The molecule has 7 rings (SSSR count). The second-order valence-corrected chi connectivity index (χ2v) is 24.7. The number of nitrogens with one attached hydrogen (secondary N) is 8. The van der Waals surface area contributed by atoms with Crippen LogP contribution in [0.2, 0.25) is 0 Å². The molecule has 8 atom stereocenters. The second kappa shape index (κ2) is 36.3. The van der Waals surface area contributed by atoms with E-state index in [9.17, 15) is 116 Å². The zero-order valence-corrected chi connectivity index (χ0v) is 55.2. The van der Waals surface area contributed by atoms with E-state index in [1.165, 1.54) is 0 Å². The molecule has 1 unspecified atom stereocenters. The average Bonchev–Trinajstić information content (AvgIpc) is 0.807. The largest absolute Gasteiger partial charge is 0.505 e. The summed E-state index contributed by atoms with van der Waals surface area (Å²) in [5.41, 5.74) is 4.26. The summed E-state index contributed by atoms with van der Waals surface area (Å²) in [4.78, 5) is 206. The highest BCUT2D eigenvalue weighted by molar-refractivity contribution is 8.00. The molecule has 3 aliphatic rings. The molecule has 550 valence electrons. The van der Waals surface area contributed by atoms with Gasteiger partial charge in [0.15, 0.2) is 17.4 Å². The van der Waals surface area contributed by atoms with Crippen LogP contribution in [0.1, 0.15) is 72.9 Å². The Hall–Kier alpha value is -12.4. The Morgan fingerprint density at radius 1 is 0.577 bits per heavy atom. The summed E-state index contributed by atoms with van der Waals surface area (Å²) in [5, 5.41) is 85.0. The molecule has 10 amide bonds. The summed E-state index contributed by atoms with van der Waals surface area (Å²) in [6.45, 7) is -0.865. The number of aliphatic carboxylic acids is 5. The van der Waals surface area contributed by atoms with Crippen LogP contribution in [0.3, 0.4) is 0 Å². The first-order valence-corrected chi connectivity index (χ1v) is 32.6. The summed E-state index contributed by atoms with van der Waals surface area (Å²) in [7, 11) is 0. The number of phenolic OH excluding ortho intramolecular Hbond substituents is 1. The van der Waals surface area contributed by atoms with E-state index in [1.807, 2.05) is 10.6 Å². The maximum absolute atomic E-state index is 14.9. The molecule has 0 spiro atoms. The van der Waals surface area contributed by atoms with Gasteiger partial charge in [-0.1, -0.05) is 66.7 Å². The summed E-state index contributed by atoms with van der Waals surface area (Å²) in [6, 6.07) is 9.65. The number of fused-ring (bicyclic) bond motifs is 2. The number of phenols is 1. The van der Waals surface area contributed by atoms with Crippen molar-refractivity contribution < 1.29 is 121 Å². The van der Waals surface area contributed by atoms with Crippen LogP contribution in [-0.2, 0) is 75.2 Å². The van der Waals surface area contributed by atoms with Crippen molar-refractivity contribution >= 4 is 118 Å². The van der Waals surface area contributed by atoms with E-state index < -0.39 is 216 Å². The highest BCUT2D eigenvalue weighted by Crippen LogP contribution is 2.44. The molecular formula is C67H68F2N10O24S. The third-order valence-electron chi connectivity index (χ3n) is 15.9. The van der Waals surface area contributed by atoms with E-state index in [2.05, 4.69) is 31.9 Å². The summed E-state index contributed by atoms with van der Waals surface area (Å²) < 4.78 is 35.3. The molecule has 0 radical (unpaired) electrons. The molecule has 2 aliphatic heterocycles. The zero-order valence-electron chi connectivity index (χ0n) is 54.4. The predicted octanol–water partition coefficient (Wildman–Crippen LogP) is 0.786. The number of urea groups is 1. The first-order chi connectivity index (χ1) is 49.3. The number of nitrogens with zero attached hydrogens (tertiary/aromatic N) is 1. The van der Waals surface area contributed by atoms with Gasteiger partial charge in [0.1, 0.15) is 53.6 Å². The standard InChI is InChI=1S/C67H68F2N10O24S/c68-38-23-36-49(26-47(38)80)103-50-27-48(81)39(69)24-37(50)57(36)34-14-13-33(22-35(34)63(94)95)79-54(84)28-51(62(79)93)104-30-46(66(100)101)76-61(92)45(25-56(87)88)74-58(89)40(70)29-72-59(90)43(20-31-8-3-1-4-9-31)75-60(91)44(21-32-10-5-2-6-11-32)73-53(83)12-7-19-71-52(82)17-15-41(64(96)97)77-67(102)78-42(65(98)99)16-18-55(85)86/h1-6,8-11,13-14,22-24,26-27,40-46,51,80H,7,12,15-21,25,28-30,70H2,(H,71,82)(H,72,90)(H,73,83)(H,74,89)(H,75,91)(H,76,92)(H,85,86)(H,87,88)(H,94,95)(H,96,97)(H,98,99)(H,100,101)(H2,77,78,102)/t40-,41-,42-,43-,44-,45-,46-,51?/m0/s1.